The highest BCUT2D eigenvalue weighted by Crippen LogP contribution is 2.15. The Morgan fingerprint density at radius 1 is 0.963 bits per heavy atom. The largest absolute Gasteiger partial charge is 0.368 e. The van der Waals surface area contributed by atoms with Gasteiger partial charge in [0.25, 0.3) is 0 Å². The number of nitrogens with one attached hydrogen (secondary N) is 1. The predicted molar refractivity (Wildman–Crippen MR) is 110 cm³/mol. The van der Waals surface area contributed by atoms with E-state index in [1.165, 1.54) is 5.69 Å². The van der Waals surface area contributed by atoms with Crippen LogP contribution in [0.25, 0.3) is 0 Å². The standard InChI is InChI=1S/C20H32N6O/c1-18(27)24-12-10-23(11-13-24)9-8-22-20(21-2)26-16-14-25(15-17-26)19-6-4-3-5-7-19/h3-7H,8-17H2,1-2H3,(H,21,22). The van der Waals surface area contributed by atoms with Crippen molar-refractivity contribution in [1.82, 2.24) is 20.0 Å². The highest BCUT2D eigenvalue weighted by Gasteiger charge is 2.21. The molecule has 2 heterocycles. The van der Waals surface area contributed by atoms with E-state index in [9.17, 15) is 4.79 Å². The third-order valence-electron chi connectivity index (χ3n) is 5.44. The Balaban J connectivity index is 1.38. The van der Waals surface area contributed by atoms with Gasteiger partial charge in [-0.2, -0.15) is 0 Å². The maximum absolute atomic E-state index is 11.4. The molecule has 0 atom stereocenters. The summed E-state index contributed by atoms with van der Waals surface area (Å²) in [5.74, 6) is 1.17. The van der Waals surface area contributed by atoms with Crippen LogP contribution < -0.4 is 10.2 Å². The van der Waals surface area contributed by atoms with Gasteiger partial charge in [-0.1, -0.05) is 18.2 Å². The van der Waals surface area contributed by atoms with E-state index < -0.39 is 0 Å². The number of carbonyl (C=O) groups excluding carboxylic acids is 1. The predicted octanol–water partition coefficient (Wildman–Crippen LogP) is 0.548. The topological polar surface area (TPSA) is 54.4 Å². The molecule has 7 heteroatoms. The number of aliphatic imine (C=N–C) groups is 1. The summed E-state index contributed by atoms with van der Waals surface area (Å²) < 4.78 is 0. The SMILES string of the molecule is CN=C(NCCN1CCN(C(C)=O)CC1)N1CCN(c2ccccc2)CC1. The zero-order chi connectivity index (χ0) is 19.1. The molecule has 3 rings (SSSR count). The number of hydrogen-bond donors (Lipinski definition) is 1. The fourth-order valence-corrected chi connectivity index (χ4v) is 3.76. The molecule has 2 saturated heterocycles. The lowest BCUT2D eigenvalue weighted by atomic mass is 10.2. The normalized spacial score (nSPS) is 19.3. The number of nitrogens with zero attached hydrogens (tertiary/aromatic N) is 5. The molecule has 0 radical (unpaired) electrons. The second-order valence-corrected chi connectivity index (χ2v) is 7.13. The van der Waals surface area contributed by atoms with Crippen molar-refractivity contribution in [2.24, 2.45) is 4.99 Å². The van der Waals surface area contributed by atoms with E-state index in [1.54, 1.807) is 6.92 Å². The monoisotopic (exact) mass is 372 g/mol. The molecule has 0 aromatic heterocycles. The molecule has 1 aromatic rings. The Kier molecular flexibility index (Phi) is 6.92. The summed E-state index contributed by atoms with van der Waals surface area (Å²) in [6.07, 6.45) is 0. The maximum Gasteiger partial charge on any atom is 0.219 e. The van der Waals surface area contributed by atoms with Crippen molar-refractivity contribution in [1.29, 1.82) is 0 Å². The van der Waals surface area contributed by atoms with E-state index in [0.29, 0.717) is 0 Å². The summed E-state index contributed by atoms with van der Waals surface area (Å²) >= 11 is 0. The van der Waals surface area contributed by atoms with Crippen molar-refractivity contribution < 1.29 is 4.79 Å². The van der Waals surface area contributed by atoms with Crippen molar-refractivity contribution in [3.63, 3.8) is 0 Å². The number of amides is 1. The van der Waals surface area contributed by atoms with Crippen molar-refractivity contribution in [3.8, 4) is 0 Å². The van der Waals surface area contributed by atoms with Crippen LogP contribution in [0, 0.1) is 0 Å². The van der Waals surface area contributed by atoms with Crippen LogP contribution in [0.1, 0.15) is 6.92 Å². The van der Waals surface area contributed by atoms with E-state index in [0.717, 1.165) is 71.4 Å². The Morgan fingerprint density at radius 2 is 1.59 bits per heavy atom. The van der Waals surface area contributed by atoms with E-state index in [-0.39, 0.29) is 5.91 Å². The summed E-state index contributed by atoms with van der Waals surface area (Å²) in [6.45, 7) is 11.1. The number of rotatable bonds is 4. The molecule has 2 aliphatic rings. The second-order valence-electron chi connectivity index (χ2n) is 7.13. The van der Waals surface area contributed by atoms with Crippen molar-refractivity contribution in [3.05, 3.63) is 30.3 Å². The lowest BCUT2D eigenvalue weighted by Crippen LogP contribution is -2.54. The van der Waals surface area contributed by atoms with E-state index >= 15 is 0 Å². The fraction of sp³-hybridized carbons (Fsp3) is 0.600. The van der Waals surface area contributed by atoms with Crippen LogP contribution in [-0.2, 0) is 4.79 Å². The molecule has 0 spiro atoms. The van der Waals surface area contributed by atoms with Gasteiger partial charge in [-0.05, 0) is 12.1 Å². The number of guanidine groups is 1. The van der Waals surface area contributed by atoms with E-state index in [4.69, 9.17) is 0 Å². The molecular formula is C20H32N6O. The van der Waals surface area contributed by atoms with Gasteiger partial charge in [0.05, 0.1) is 0 Å². The van der Waals surface area contributed by atoms with E-state index in [2.05, 4.69) is 55.3 Å². The third-order valence-corrected chi connectivity index (χ3v) is 5.44. The van der Waals surface area contributed by atoms with Crippen LogP contribution in [0.2, 0.25) is 0 Å². The fourth-order valence-electron chi connectivity index (χ4n) is 3.76. The quantitative estimate of drug-likeness (QED) is 0.618. The van der Waals surface area contributed by atoms with Crippen molar-refractivity contribution in [2.45, 2.75) is 6.92 Å². The average Bonchev–Trinajstić information content (AvgIpc) is 2.72. The van der Waals surface area contributed by atoms with Gasteiger partial charge < -0.3 is 20.0 Å². The van der Waals surface area contributed by atoms with Gasteiger partial charge in [0, 0.05) is 85.1 Å². The highest BCUT2D eigenvalue weighted by molar-refractivity contribution is 5.80. The molecule has 1 N–H and O–H groups in total. The number of para-hydroxylation sites is 1. The first-order valence-electron chi connectivity index (χ1n) is 9.91. The second kappa shape index (κ2) is 9.60. The van der Waals surface area contributed by atoms with Crippen LogP contribution in [-0.4, -0.2) is 99.1 Å². The molecule has 0 unspecified atom stereocenters. The zero-order valence-corrected chi connectivity index (χ0v) is 16.6. The Labute approximate surface area is 162 Å². The zero-order valence-electron chi connectivity index (χ0n) is 16.6. The number of hydrogen-bond acceptors (Lipinski definition) is 4. The number of anilines is 1. The molecule has 27 heavy (non-hydrogen) atoms. The van der Waals surface area contributed by atoms with Gasteiger partial charge in [-0.25, -0.2) is 0 Å². The molecule has 2 fully saturated rings. The first-order chi connectivity index (χ1) is 13.2. The minimum atomic E-state index is 0.183. The molecule has 0 saturated carbocycles. The molecule has 7 nitrogen and oxygen atoms in total. The van der Waals surface area contributed by atoms with Gasteiger partial charge in [0.1, 0.15) is 0 Å². The summed E-state index contributed by atoms with van der Waals surface area (Å²) in [5.41, 5.74) is 1.30. The van der Waals surface area contributed by atoms with Crippen LogP contribution in [0.15, 0.2) is 35.3 Å². The summed E-state index contributed by atoms with van der Waals surface area (Å²) in [6, 6.07) is 10.6. The van der Waals surface area contributed by atoms with Crippen LogP contribution in [0.5, 0.6) is 0 Å². The van der Waals surface area contributed by atoms with Gasteiger partial charge in [-0.15, -0.1) is 0 Å². The average molecular weight is 373 g/mol. The molecule has 1 amide bonds. The summed E-state index contributed by atoms with van der Waals surface area (Å²) in [5, 5.41) is 3.51. The van der Waals surface area contributed by atoms with Crippen LogP contribution >= 0.6 is 0 Å². The first-order valence-corrected chi connectivity index (χ1v) is 9.91. The van der Waals surface area contributed by atoms with Gasteiger partial charge in [0.2, 0.25) is 5.91 Å². The third kappa shape index (κ3) is 5.35. The Bertz CT molecular complexity index is 619. The Hall–Kier alpha value is -2.28. The molecule has 1 aromatic carbocycles. The Morgan fingerprint density at radius 3 is 2.19 bits per heavy atom. The number of benzene rings is 1. The summed E-state index contributed by atoms with van der Waals surface area (Å²) in [4.78, 5) is 25.0. The van der Waals surface area contributed by atoms with Crippen LogP contribution in [0.4, 0.5) is 5.69 Å². The number of carbonyl (C=O) groups is 1. The summed E-state index contributed by atoms with van der Waals surface area (Å²) in [7, 11) is 1.86. The lowest BCUT2D eigenvalue weighted by molar-refractivity contribution is -0.130. The molecular weight excluding hydrogens is 340 g/mol. The van der Waals surface area contributed by atoms with E-state index in [1.807, 2.05) is 11.9 Å². The smallest absolute Gasteiger partial charge is 0.219 e. The molecule has 2 aliphatic heterocycles. The van der Waals surface area contributed by atoms with Gasteiger partial charge >= 0.3 is 0 Å². The van der Waals surface area contributed by atoms with Gasteiger partial charge in [0.15, 0.2) is 5.96 Å². The van der Waals surface area contributed by atoms with Crippen molar-refractivity contribution >= 4 is 17.6 Å². The lowest BCUT2D eigenvalue weighted by Gasteiger charge is -2.38. The maximum atomic E-state index is 11.4. The first kappa shape index (κ1) is 19.5. The number of piperazine rings is 2. The molecule has 0 aliphatic carbocycles. The van der Waals surface area contributed by atoms with Gasteiger partial charge in [-0.3, -0.25) is 14.7 Å². The minimum Gasteiger partial charge on any atom is -0.368 e. The van der Waals surface area contributed by atoms with Crippen molar-refractivity contribution in [2.75, 3.05) is 77.4 Å². The minimum absolute atomic E-state index is 0.183. The highest BCUT2D eigenvalue weighted by atomic mass is 16.2. The molecule has 0 bridgehead atoms. The molecule has 148 valence electrons. The van der Waals surface area contributed by atoms with Crippen LogP contribution in [0.3, 0.4) is 0 Å².